The van der Waals surface area contributed by atoms with Crippen molar-refractivity contribution in [1.82, 2.24) is 4.98 Å². The van der Waals surface area contributed by atoms with Crippen LogP contribution in [0.5, 0.6) is 5.75 Å². The van der Waals surface area contributed by atoms with Gasteiger partial charge in [-0.25, -0.2) is 8.78 Å². The lowest BCUT2D eigenvalue weighted by Gasteiger charge is -2.09. The number of hydrogen-bond donors (Lipinski definition) is 2. The molecule has 0 spiro atoms. The predicted molar refractivity (Wildman–Crippen MR) is 90.3 cm³/mol. The number of H-pyrrole nitrogens is 1. The Hall–Kier alpha value is -3.22. The van der Waals surface area contributed by atoms with E-state index in [4.69, 9.17) is 4.74 Å². The van der Waals surface area contributed by atoms with Gasteiger partial charge in [0, 0.05) is 16.5 Å². The highest BCUT2D eigenvalue weighted by atomic mass is 19.1. The summed E-state index contributed by atoms with van der Waals surface area (Å²) in [6.07, 6.45) is 0. The molecule has 0 saturated carbocycles. The second-order valence-electron chi connectivity index (χ2n) is 5.60. The molecule has 2 aromatic carbocycles. The minimum Gasteiger partial charge on any atom is -0.494 e. The minimum atomic E-state index is -0.575. The molecule has 4 rings (SSSR count). The first-order valence-corrected chi connectivity index (χ1v) is 7.57. The van der Waals surface area contributed by atoms with Gasteiger partial charge in [-0.3, -0.25) is 9.79 Å². The summed E-state index contributed by atoms with van der Waals surface area (Å²) in [5.41, 5.74) is 1.91. The largest absolute Gasteiger partial charge is 0.494 e. The molecule has 25 heavy (non-hydrogen) atoms. The summed E-state index contributed by atoms with van der Waals surface area (Å²) in [6.45, 7) is -0.161. The monoisotopic (exact) mass is 341 g/mol. The number of methoxy groups -OCH3 is 1. The number of benzene rings is 2. The van der Waals surface area contributed by atoms with E-state index >= 15 is 0 Å². The summed E-state index contributed by atoms with van der Waals surface area (Å²) >= 11 is 0. The summed E-state index contributed by atoms with van der Waals surface area (Å²) < 4.78 is 33.4. The average Bonchev–Trinajstić information content (AvgIpc) is 2.85. The Morgan fingerprint density at radius 2 is 2.04 bits per heavy atom. The van der Waals surface area contributed by atoms with Crippen LogP contribution in [-0.4, -0.2) is 30.3 Å². The highest BCUT2D eigenvalue weighted by Gasteiger charge is 2.25. The molecule has 0 unspecified atom stereocenters. The van der Waals surface area contributed by atoms with E-state index in [-0.39, 0.29) is 29.5 Å². The molecule has 1 amide bonds. The van der Waals surface area contributed by atoms with Crippen molar-refractivity contribution in [3.05, 3.63) is 59.3 Å². The van der Waals surface area contributed by atoms with Gasteiger partial charge >= 0.3 is 0 Å². The smallest absolute Gasteiger partial charge is 0.246 e. The molecule has 5 nitrogen and oxygen atoms in total. The number of fused-ring (bicyclic) bond motifs is 3. The van der Waals surface area contributed by atoms with Crippen molar-refractivity contribution in [3.8, 4) is 5.75 Å². The molecule has 7 heteroatoms. The molecule has 1 aliphatic heterocycles. The van der Waals surface area contributed by atoms with E-state index in [1.54, 1.807) is 18.2 Å². The van der Waals surface area contributed by atoms with Crippen molar-refractivity contribution < 1.29 is 18.3 Å². The molecule has 0 fully saturated rings. The quantitative estimate of drug-likeness (QED) is 0.751. The van der Waals surface area contributed by atoms with Crippen molar-refractivity contribution in [2.45, 2.75) is 0 Å². The lowest BCUT2D eigenvalue weighted by Crippen LogP contribution is -2.13. The van der Waals surface area contributed by atoms with E-state index in [0.29, 0.717) is 22.3 Å². The molecular formula is C18H13F2N3O2. The molecule has 0 aliphatic carbocycles. The second-order valence-corrected chi connectivity index (χ2v) is 5.60. The van der Waals surface area contributed by atoms with Gasteiger partial charge in [-0.1, -0.05) is 6.07 Å². The third-order valence-corrected chi connectivity index (χ3v) is 4.08. The molecule has 0 bridgehead atoms. The average molecular weight is 341 g/mol. The standard InChI is InChI=1S/C18H13F2N3O2/c1-25-13-4-2-3-10(15(13)20)16-18-17(23-14(24)8-21-16)11-7-9(19)5-6-12(11)22-18/h2-7,22H,8H2,1H3,(H,23,24). The molecule has 2 heterocycles. The molecule has 126 valence electrons. The molecule has 0 saturated heterocycles. The molecule has 1 aromatic heterocycles. The number of hydrogen-bond acceptors (Lipinski definition) is 3. The van der Waals surface area contributed by atoms with Gasteiger partial charge in [0.1, 0.15) is 12.4 Å². The zero-order valence-corrected chi connectivity index (χ0v) is 13.2. The molecule has 0 atom stereocenters. The summed E-state index contributed by atoms with van der Waals surface area (Å²) in [7, 11) is 1.37. The van der Waals surface area contributed by atoms with Crippen LogP contribution in [0.2, 0.25) is 0 Å². The number of anilines is 1. The number of aromatic nitrogens is 1. The van der Waals surface area contributed by atoms with Crippen LogP contribution in [0.25, 0.3) is 10.9 Å². The number of rotatable bonds is 2. The van der Waals surface area contributed by atoms with Gasteiger partial charge < -0.3 is 15.0 Å². The van der Waals surface area contributed by atoms with Gasteiger partial charge in [0.15, 0.2) is 11.6 Å². The zero-order valence-electron chi connectivity index (χ0n) is 13.2. The van der Waals surface area contributed by atoms with Crippen molar-refractivity contribution >= 4 is 28.2 Å². The molecule has 3 aromatic rings. The van der Waals surface area contributed by atoms with Crippen molar-refractivity contribution in [1.29, 1.82) is 0 Å². The third-order valence-electron chi connectivity index (χ3n) is 4.08. The maximum absolute atomic E-state index is 14.7. The van der Waals surface area contributed by atoms with E-state index in [0.717, 1.165) is 0 Å². The number of aliphatic imine (C=N–C) groups is 1. The Balaban J connectivity index is 1.99. The second kappa shape index (κ2) is 5.70. The van der Waals surface area contributed by atoms with E-state index in [2.05, 4.69) is 15.3 Å². The van der Waals surface area contributed by atoms with Crippen LogP contribution in [0.15, 0.2) is 41.4 Å². The molecule has 1 aliphatic rings. The van der Waals surface area contributed by atoms with Crippen molar-refractivity contribution in [2.24, 2.45) is 4.99 Å². The van der Waals surface area contributed by atoms with E-state index in [9.17, 15) is 13.6 Å². The van der Waals surface area contributed by atoms with E-state index in [1.165, 1.54) is 25.3 Å². The zero-order chi connectivity index (χ0) is 17.6. The number of carbonyl (C=O) groups excluding carboxylic acids is 1. The first-order chi connectivity index (χ1) is 12.1. The Labute approximate surface area is 141 Å². The number of carbonyl (C=O) groups is 1. The fourth-order valence-corrected chi connectivity index (χ4v) is 2.95. The number of ether oxygens (including phenoxy) is 1. The molecular weight excluding hydrogens is 328 g/mol. The number of nitrogens with zero attached hydrogens (tertiary/aromatic N) is 1. The number of halogens is 2. The highest BCUT2D eigenvalue weighted by Crippen LogP contribution is 2.33. The molecule has 2 N–H and O–H groups in total. The summed E-state index contributed by atoms with van der Waals surface area (Å²) in [5, 5.41) is 3.22. The molecule has 0 radical (unpaired) electrons. The van der Waals surface area contributed by atoms with Gasteiger partial charge in [-0.2, -0.15) is 0 Å². The summed E-state index contributed by atoms with van der Waals surface area (Å²) in [6, 6.07) is 8.88. The number of amides is 1. The van der Waals surface area contributed by atoms with Gasteiger partial charge in [0.25, 0.3) is 0 Å². The fourth-order valence-electron chi connectivity index (χ4n) is 2.95. The van der Waals surface area contributed by atoms with Crippen LogP contribution in [-0.2, 0) is 4.79 Å². The van der Waals surface area contributed by atoms with Gasteiger partial charge in [0.05, 0.1) is 24.2 Å². The Bertz CT molecular complexity index is 1040. The maximum Gasteiger partial charge on any atom is 0.246 e. The summed E-state index contributed by atoms with van der Waals surface area (Å²) in [5.74, 6) is -1.29. The van der Waals surface area contributed by atoms with Gasteiger partial charge in [-0.05, 0) is 30.3 Å². The SMILES string of the molecule is COc1cccc(C2=NCC(=O)Nc3c2[nH]c2ccc(F)cc32)c1F. The summed E-state index contributed by atoms with van der Waals surface area (Å²) in [4.78, 5) is 19.4. The first kappa shape index (κ1) is 15.3. The van der Waals surface area contributed by atoms with Crippen LogP contribution in [0, 0.1) is 11.6 Å². The van der Waals surface area contributed by atoms with Crippen LogP contribution >= 0.6 is 0 Å². The first-order valence-electron chi connectivity index (χ1n) is 7.57. The van der Waals surface area contributed by atoms with Crippen LogP contribution in [0.3, 0.4) is 0 Å². The number of nitrogens with one attached hydrogen (secondary N) is 2. The Morgan fingerprint density at radius 3 is 2.84 bits per heavy atom. The third kappa shape index (κ3) is 2.44. The lowest BCUT2D eigenvalue weighted by molar-refractivity contribution is -0.114. The number of aromatic amines is 1. The predicted octanol–water partition coefficient (Wildman–Crippen LogP) is 3.24. The van der Waals surface area contributed by atoms with Crippen LogP contribution in [0.4, 0.5) is 14.5 Å². The highest BCUT2D eigenvalue weighted by molar-refractivity contribution is 6.22. The van der Waals surface area contributed by atoms with Gasteiger partial charge in [0.2, 0.25) is 5.91 Å². The van der Waals surface area contributed by atoms with E-state index < -0.39 is 11.6 Å². The van der Waals surface area contributed by atoms with Crippen LogP contribution in [0.1, 0.15) is 11.3 Å². The minimum absolute atomic E-state index is 0.0763. The fraction of sp³-hybridized carbons (Fsp3) is 0.111. The Morgan fingerprint density at radius 1 is 1.20 bits per heavy atom. The van der Waals surface area contributed by atoms with E-state index in [1.807, 2.05) is 0 Å². The lowest BCUT2D eigenvalue weighted by atomic mass is 10.0. The normalized spacial score (nSPS) is 13.9. The topological polar surface area (TPSA) is 66.5 Å². The maximum atomic E-state index is 14.7. The van der Waals surface area contributed by atoms with Crippen LogP contribution < -0.4 is 10.1 Å². The van der Waals surface area contributed by atoms with Gasteiger partial charge in [-0.15, -0.1) is 0 Å². The Kier molecular flexibility index (Phi) is 3.49. The van der Waals surface area contributed by atoms with Crippen molar-refractivity contribution in [3.63, 3.8) is 0 Å². The van der Waals surface area contributed by atoms with Crippen molar-refractivity contribution in [2.75, 3.05) is 19.0 Å².